The second-order valence-corrected chi connectivity index (χ2v) is 3.67. The Morgan fingerprint density at radius 3 is 2.39 bits per heavy atom. The lowest BCUT2D eigenvalue weighted by molar-refractivity contribution is -0.139. The van der Waals surface area contributed by atoms with Gasteiger partial charge in [0.05, 0.1) is 5.56 Å². The molecule has 4 heteroatoms. The third-order valence-corrected chi connectivity index (χ3v) is 2.35. The normalized spacial score (nSPS) is 11.3. The van der Waals surface area contributed by atoms with Gasteiger partial charge in [0, 0.05) is 0 Å². The van der Waals surface area contributed by atoms with Crippen LogP contribution in [0.2, 0.25) is 0 Å². The van der Waals surface area contributed by atoms with Crippen molar-refractivity contribution >= 4 is 0 Å². The van der Waals surface area contributed by atoms with Gasteiger partial charge in [-0.15, -0.1) is 0 Å². The van der Waals surface area contributed by atoms with E-state index in [1.807, 2.05) is 0 Å². The molecule has 0 aliphatic carbocycles. The molecular weight excluding hydrogens is 241 g/mol. The van der Waals surface area contributed by atoms with Crippen LogP contribution < -0.4 is 4.74 Å². The molecular formula is C14H10F3O. The third-order valence-electron chi connectivity index (χ3n) is 2.35. The van der Waals surface area contributed by atoms with E-state index in [-0.39, 0.29) is 12.4 Å². The molecule has 0 saturated heterocycles. The molecule has 0 aliphatic rings. The Kier molecular flexibility index (Phi) is 3.55. The summed E-state index contributed by atoms with van der Waals surface area (Å²) >= 11 is 0. The van der Waals surface area contributed by atoms with E-state index < -0.39 is 11.7 Å². The second kappa shape index (κ2) is 5.12. The average molecular weight is 251 g/mol. The van der Waals surface area contributed by atoms with Crippen LogP contribution in [-0.4, -0.2) is 0 Å². The number of rotatable bonds is 3. The molecule has 0 fully saturated rings. The number of ether oxygens (including phenoxy) is 1. The minimum atomic E-state index is -4.41. The topological polar surface area (TPSA) is 9.23 Å². The Hall–Kier alpha value is -1.97. The van der Waals surface area contributed by atoms with Gasteiger partial charge in [-0.1, -0.05) is 36.4 Å². The van der Waals surface area contributed by atoms with E-state index in [1.165, 1.54) is 18.2 Å². The van der Waals surface area contributed by atoms with Crippen molar-refractivity contribution in [1.82, 2.24) is 0 Å². The highest BCUT2D eigenvalue weighted by atomic mass is 19.4. The summed E-state index contributed by atoms with van der Waals surface area (Å²) < 4.78 is 43.3. The van der Waals surface area contributed by atoms with Gasteiger partial charge in [0.15, 0.2) is 0 Å². The molecule has 18 heavy (non-hydrogen) atoms. The zero-order valence-electron chi connectivity index (χ0n) is 9.37. The lowest BCUT2D eigenvalue weighted by Crippen LogP contribution is -2.08. The molecule has 0 heterocycles. The lowest BCUT2D eigenvalue weighted by Gasteiger charge is -2.13. The Morgan fingerprint density at radius 1 is 1.00 bits per heavy atom. The van der Waals surface area contributed by atoms with Gasteiger partial charge in [-0.05, 0) is 23.8 Å². The van der Waals surface area contributed by atoms with Crippen LogP contribution >= 0.6 is 0 Å². The molecule has 2 rings (SSSR count). The quantitative estimate of drug-likeness (QED) is 0.798. The van der Waals surface area contributed by atoms with Crippen molar-refractivity contribution in [1.29, 1.82) is 0 Å². The smallest absolute Gasteiger partial charge is 0.419 e. The zero-order valence-corrected chi connectivity index (χ0v) is 9.37. The van der Waals surface area contributed by atoms with Crippen molar-refractivity contribution < 1.29 is 17.9 Å². The van der Waals surface area contributed by atoms with Gasteiger partial charge in [-0.3, -0.25) is 0 Å². The summed E-state index contributed by atoms with van der Waals surface area (Å²) in [5, 5.41) is 0. The van der Waals surface area contributed by atoms with Gasteiger partial charge in [-0.25, -0.2) is 0 Å². The van der Waals surface area contributed by atoms with Gasteiger partial charge in [0.1, 0.15) is 12.4 Å². The highest BCUT2D eigenvalue weighted by Crippen LogP contribution is 2.36. The molecule has 0 bridgehead atoms. The van der Waals surface area contributed by atoms with Gasteiger partial charge >= 0.3 is 6.18 Å². The molecule has 93 valence electrons. The van der Waals surface area contributed by atoms with E-state index in [0.717, 1.165) is 6.07 Å². The number of para-hydroxylation sites is 1. The van der Waals surface area contributed by atoms with E-state index in [9.17, 15) is 13.2 Å². The minimum Gasteiger partial charge on any atom is -0.488 e. The molecule has 0 unspecified atom stereocenters. The van der Waals surface area contributed by atoms with Crippen molar-refractivity contribution in [3.05, 3.63) is 65.7 Å². The summed E-state index contributed by atoms with van der Waals surface area (Å²) in [5.74, 6) is -0.165. The molecule has 2 aromatic rings. The predicted octanol–water partition coefficient (Wildman–Crippen LogP) is 4.08. The van der Waals surface area contributed by atoms with E-state index in [4.69, 9.17) is 4.74 Å². The number of halogens is 3. The molecule has 0 amide bonds. The molecule has 2 aromatic carbocycles. The number of hydrogen-bond donors (Lipinski definition) is 0. The van der Waals surface area contributed by atoms with Crippen molar-refractivity contribution in [3.8, 4) is 5.75 Å². The largest absolute Gasteiger partial charge is 0.488 e. The minimum absolute atomic E-state index is 0.0634. The van der Waals surface area contributed by atoms with E-state index in [2.05, 4.69) is 6.07 Å². The maximum absolute atomic E-state index is 12.7. The average Bonchev–Trinajstić information content (AvgIpc) is 2.37. The van der Waals surface area contributed by atoms with Crippen molar-refractivity contribution in [3.63, 3.8) is 0 Å². The molecule has 1 nitrogen and oxygen atoms in total. The number of alkyl halides is 3. The van der Waals surface area contributed by atoms with Crippen LogP contribution in [0.25, 0.3) is 0 Å². The van der Waals surface area contributed by atoms with Crippen LogP contribution in [0.3, 0.4) is 0 Å². The van der Waals surface area contributed by atoms with Crippen molar-refractivity contribution in [2.75, 3.05) is 0 Å². The maximum atomic E-state index is 12.7. The van der Waals surface area contributed by atoms with E-state index in [0.29, 0.717) is 5.56 Å². The fraction of sp³-hybridized carbons (Fsp3) is 0.143. The summed E-state index contributed by atoms with van der Waals surface area (Å²) in [4.78, 5) is 0. The number of benzene rings is 2. The van der Waals surface area contributed by atoms with Gasteiger partial charge in [0.25, 0.3) is 0 Å². The third kappa shape index (κ3) is 3.03. The van der Waals surface area contributed by atoms with Crippen LogP contribution in [-0.2, 0) is 12.8 Å². The summed E-state index contributed by atoms with van der Waals surface area (Å²) in [7, 11) is 0. The number of hydrogen-bond acceptors (Lipinski definition) is 1. The first-order chi connectivity index (χ1) is 8.57. The van der Waals surface area contributed by atoms with Crippen molar-refractivity contribution in [2.45, 2.75) is 12.8 Å². The first-order valence-electron chi connectivity index (χ1n) is 5.32. The van der Waals surface area contributed by atoms with Crippen LogP contribution in [0.4, 0.5) is 13.2 Å². The van der Waals surface area contributed by atoms with Crippen LogP contribution in [0.1, 0.15) is 11.1 Å². The molecule has 0 atom stereocenters. The van der Waals surface area contributed by atoms with Crippen LogP contribution in [0.15, 0.2) is 48.5 Å². The predicted molar refractivity (Wildman–Crippen MR) is 61.1 cm³/mol. The Bertz CT molecular complexity index is 506. The Labute approximate surface area is 103 Å². The van der Waals surface area contributed by atoms with Gasteiger partial charge < -0.3 is 4.74 Å². The first-order valence-corrected chi connectivity index (χ1v) is 5.32. The lowest BCUT2D eigenvalue weighted by atomic mass is 10.2. The molecule has 0 aliphatic heterocycles. The highest BCUT2D eigenvalue weighted by Gasteiger charge is 2.33. The molecule has 0 aromatic heterocycles. The van der Waals surface area contributed by atoms with E-state index in [1.54, 1.807) is 24.3 Å². The summed E-state index contributed by atoms with van der Waals surface area (Å²) in [6.07, 6.45) is -4.41. The summed E-state index contributed by atoms with van der Waals surface area (Å²) in [5.41, 5.74) is -0.0598. The van der Waals surface area contributed by atoms with Crippen LogP contribution in [0.5, 0.6) is 5.75 Å². The Morgan fingerprint density at radius 2 is 1.72 bits per heavy atom. The van der Waals surface area contributed by atoms with Crippen molar-refractivity contribution in [2.24, 2.45) is 0 Å². The summed E-state index contributed by atoms with van der Waals surface area (Å²) in [6, 6.07) is 15.1. The van der Waals surface area contributed by atoms with E-state index >= 15 is 0 Å². The summed E-state index contributed by atoms with van der Waals surface area (Å²) in [6.45, 7) is 0.0634. The van der Waals surface area contributed by atoms with Crippen LogP contribution in [0, 0.1) is 6.07 Å². The monoisotopic (exact) mass is 251 g/mol. The van der Waals surface area contributed by atoms with Gasteiger partial charge in [0.2, 0.25) is 0 Å². The SMILES string of the molecule is FC(F)(F)c1ccccc1OCc1[c]cccc1. The fourth-order valence-electron chi connectivity index (χ4n) is 1.50. The Balaban J connectivity index is 2.15. The molecule has 0 N–H and O–H groups in total. The molecule has 0 spiro atoms. The highest BCUT2D eigenvalue weighted by molar-refractivity contribution is 5.35. The first kappa shape index (κ1) is 12.5. The standard InChI is InChI=1S/C14H10F3O/c15-14(16,17)12-8-4-5-9-13(12)18-10-11-6-2-1-3-7-11/h1-6,8-9H,10H2. The maximum Gasteiger partial charge on any atom is 0.419 e. The molecule has 0 saturated carbocycles. The van der Waals surface area contributed by atoms with Gasteiger partial charge in [-0.2, -0.15) is 13.2 Å². The zero-order chi connectivity index (χ0) is 13.0. The molecule has 1 radical (unpaired) electrons. The second-order valence-electron chi connectivity index (χ2n) is 3.67. The fourth-order valence-corrected chi connectivity index (χ4v) is 1.50.